The molecular formula is C25H26O3S. The molecule has 0 aromatic heterocycles. The first-order chi connectivity index (χ1) is 14.3. The van der Waals surface area contributed by atoms with Crippen LogP contribution in [0.2, 0.25) is 0 Å². The molecule has 0 fully saturated rings. The fourth-order valence-corrected chi connectivity index (χ4v) is 3.89. The van der Waals surface area contributed by atoms with Crippen LogP contribution in [0.25, 0.3) is 11.1 Å². The average molecular weight is 407 g/mol. The molecule has 0 atom stereocenters. The van der Waals surface area contributed by atoms with Crippen molar-refractivity contribution in [3.63, 3.8) is 0 Å². The highest BCUT2D eigenvalue weighted by atomic mass is 32.2. The Kier molecular flexibility index (Phi) is 6.75. The van der Waals surface area contributed by atoms with E-state index in [0.717, 1.165) is 35.8 Å². The molecule has 3 aromatic carbocycles. The molecule has 0 radical (unpaired) electrons. The van der Waals surface area contributed by atoms with Gasteiger partial charge in [0.2, 0.25) is 0 Å². The Bertz CT molecular complexity index is 940. The second-order valence-corrected chi connectivity index (χ2v) is 8.09. The van der Waals surface area contributed by atoms with E-state index in [4.69, 9.17) is 14.2 Å². The maximum Gasteiger partial charge on any atom is 0.119 e. The molecule has 0 N–H and O–H groups in total. The summed E-state index contributed by atoms with van der Waals surface area (Å²) in [6.07, 6.45) is 3.18. The van der Waals surface area contributed by atoms with Crippen LogP contribution in [0, 0.1) is 0 Å². The van der Waals surface area contributed by atoms with Crippen LogP contribution in [0.1, 0.15) is 23.1 Å². The number of ether oxygens (including phenoxy) is 3. The van der Waals surface area contributed by atoms with Gasteiger partial charge in [-0.3, -0.25) is 0 Å². The summed E-state index contributed by atoms with van der Waals surface area (Å²) >= 11 is 1.85. The molecule has 0 bridgehead atoms. The van der Waals surface area contributed by atoms with Gasteiger partial charge in [-0.1, -0.05) is 36.4 Å². The molecule has 4 heteroatoms. The van der Waals surface area contributed by atoms with Gasteiger partial charge in [0.05, 0.1) is 19.8 Å². The zero-order valence-corrected chi connectivity index (χ0v) is 17.5. The van der Waals surface area contributed by atoms with Crippen LogP contribution in [0.3, 0.4) is 0 Å². The average Bonchev–Trinajstić information content (AvgIpc) is 2.94. The highest BCUT2D eigenvalue weighted by Crippen LogP contribution is 2.34. The maximum atomic E-state index is 5.93. The van der Waals surface area contributed by atoms with Crippen molar-refractivity contribution in [2.75, 3.05) is 18.6 Å². The van der Waals surface area contributed by atoms with Crippen LogP contribution in [-0.4, -0.2) is 18.6 Å². The summed E-state index contributed by atoms with van der Waals surface area (Å²) in [6.45, 7) is 2.51. The largest absolute Gasteiger partial charge is 0.494 e. The number of hydrogen-bond acceptors (Lipinski definition) is 4. The van der Waals surface area contributed by atoms with Gasteiger partial charge in [0.1, 0.15) is 18.1 Å². The van der Waals surface area contributed by atoms with Crippen LogP contribution in [0.4, 0.5) is 0 Å². The summed E-state index contributed by atoms with van der Waals surface area (Å²) < 4.78 is 17.8. The van der Waals surface area contributed by atoms with Gasteiger partial charge in [-0.2, -0.15) is 11.8 Å². The van der Waals surface area contributed by atoms with Crippen molar-refractivity contribution in [1.29, 1.82) is 0 Å². The van der Waals surface area contributed by atoms with Gasteiger partial charge in [0.25, 0.3) is 0 Å². The Labute approximate surface area is 177 Å². The number of benzene rings is 3. The van der Waals surface area contributed by atoms with Gasteiger partial charge in [-0.25, -0.2) is 0 Å². The van der Waals surface area contributed by atoms with Crippen LogP contribution >= 0.6 is 11.8 Å². The Morgan fingerprint density at radius 2 is 1.69 bits per heavy atom. The van der Waals surface area contributed by atoms with Crippen LogP contribution in [0.15, 0.2) is 66.7 Å². The molecule has 0 amide bonds. The van der Waals surface area contributed by atoms with E-state index in [2.05, 4.69) is 42.7 Å². The lowest BCUT2D eigenvalue weighted by Gasteiger charge is -2.13. The summed E-state index contributed by atoms with van der Waals surface area (Å²) in [5, 5.41) is 0. The standard InChI is InChI=1S/C25H26O3S/c1-29-13-5-12-27-23-10-11-24-21(15-23)18-26-17-20-9-8-19(14-25(20)24)16-28-22-6-3-2-4-7-22/h2-4,6-11,14-15H,5,12-13,16-18H2,1H3. The molecule has 3 aromatic rings. The van der Waals surface area contributed by atoms with Gasteiger partial charge < -0.3 is 14.2 Å². The van der Waals surface area contributed by atoms with Crippen molar-refractivity contribution in [1.82, 2.24) is 0 Å². The van der Waals surface area contributed by atoms with Crippen molar-refractivity contribution >= 4 is 11.8 Å². The third kappa shape index (κ3) is 5.14. The molecular weight excluding hydrogens is 380 g/mol. The predicted octanol–water partition coefficient (Wildman–Crippen LogP) is 6.09. The van der Waals surface area contributed by atoms with E-state index in [9.17, 15) is 0 Å². The second-order valence-electron chi connectivity index (χ2n) is 7.10. The third-order valence-corrected chi connectivity index (χ3v) is 5.66. The molecule has 1 aliphatic rings. The van der Waals surface area contributed by atoms with Gasteiger partial charge in [0.15, 0.2) is 0 Å². The van der Waals surface area contributed by atoms with E-state index < -0.39 is 0 Å². The molecule has 0 spiro atoms. The molecule has 0 aliphatic carbocycles. The smallest absolute Gasteiger partial charge is 0.119 e. The molecule has 1 aliphatic heterocycles. The molecule has 29 heavy (non-hydrogen) atoms. The Morgan fingerprint density at radius 3 is 2.55 bits per heavy atom. The molecule has 1 heterocycles. The zero-order chi connectivity index (χ0) is 19.9. The minimum absolute atomic E-state index is 0.546. The van der Waals surface area contributed by atoms with E-state index in [0.29, 0.717) is 19.8 Å². The highest BCUT2D eigenvalue weighted by Gasteiger charge is 2.16. The Morgan fingerprint density at radius 1 is 0.828 bits per heavy atom. The normalized spacial score (nSPS) is 12.6. The van der Waals surface area contributed by atoms with Crippen LogP contribution in [-0.2, 0) is 24.6 Å². The molecule has 0 saturated heterocycles. The highest BCUT2D eigenvalue weighted by molar-refractivity contribution is 7.98. The summed E-state index contributed by atoms with van der Waals surface area (Å²) in [7, 11) is 0. The van der Waals surface area contributed by atoms with E-state index in [1.807, 2.05) is 42.1 Å². The van der Waals surface area contributed by atoms with Gasteiger partial charge in [-0.05, 0) is 76.6 Å². The van der Waals surface area contributed by atoms with E-state index in [1.165, 1.54) is 22.3 Å². The summed E-state index contributed by atoms with van der Waals surface area (Å²) in [4.78, 5) is 0. The fraction of sp³-hybridized carbons (Fsp3) is 0.280. The van der Waals surface area contributed by atoms with E-state index in [1.54, 1.807) is 0 Å². The fourth-order valence-electron chi connectivity index (χ4n) is 3.48. The maximum absolute atomic E-state index is 5.93. The molecule has 150 valence electrons. The first-order valence-corrected chi connectivity index (χ1v) is 11.4. The summed E-state index contributed by atoms with van der Waals surface area (Å²) in [5.74, 6) is 2.92. The number of rotatable bonds is 8. The van der Waals surface area contributed by atoms with Crippen molar-refractivity contribution in [3.8, 4) is 22.6 Å². The topological polar surface area (TPSA) is 27.7 Å². The van der Waals surface area contributed by atoms with Crippen LogP contribution in [0.5, 0.6) is 11.5 Å². The summed E-state index contributed by atoms with van der Waals surface area (Å²) in [5.41, 5.74) is 5.97. The van der Waals surface area contributed by atoms with E-state index in [-0.39, 0.29) is 0 Å². The zero-order valence-electron chi connectivity index (χ0n) is 16.7. The van der Waals surface area contributed by atoms with Crippen molar-refractivity contribution in [3.05, 3.63) is 83.4 Å². The molecule has 4 rings (SSSR count). The molecule has 0 saturated carbocycles. The van der Waals surface area contributed by atoms with Crippen molar-refractivity contribution in [2.45, 2.75) is 26.2 Å². The minimum Gasteiger partial charge on any atom is -0.494 e. The molecule has 0 unspecified atom stereocenters. The summed E-state index contributed by atoms with van der Waals surface area (Å²) in [6, 6.07) is 22.8. The van der Waals surface area contributed by atoms with Gasteiger partial charge in [-0.15, -0.1) is 0 Å². The lowest BCUT2D eigenvalue weighted by Crippen LogP contribution is -2.00. The second kappa shape index (κ2) is 9.86. The van der Waals surface area contributed by atoms with E-state index >= 15 is 0 Å². The lowest BCUT2D eigenvalue weighted by molar-refractivity contribution is 0.109. The predicted molar refractivity (Wildman–Crippen MR) is 120 cm³/mol. The molecule has 3 nitrogen and oxygen atoms in total. The SMILES string of the molecule is CSCCCOc1ccc2c(c1)COCc1ccc(COc3ccccc3)cc1-2. The number of thioether (sulfide) groups is 1. The van der Waals surface area contributed by atoms with Crippen molar-refractivity contribution in [2.24, 2.45) is 0 Å². The third-order valence-electron chi connectivity index (χ3n) is 4.97. The minimum atomic E-state index is 0.546. The number of hydrogen-bond donors (Lipinski definition) is 0. The van der Waals surface area contributed by atoms with Crippen molar-refractivity contribution < 1.29 is 14.2 Å². The Balaban J connectivity index is 1.53. The van der Waals surface area contributed by atoms with Gasteiger partial charge in [0, 0.05) is 0 Å². The van der Waals surface area contributed by atoms with Crippen LogP contribution < -0.4 is 9.47 Å². The lowest BCUT2D eigenvalue weighted by atomic mass is 9.95. The first kappa shape index (κ1) is 19.9. The first-order valence-electron chi connectivity index (χ1n) is 9.96. The number of fused-ring (bicyclic) bond motifs is 3. The monoisotopic (exact) mass is 406 g/mol. The number of para-hydroxylation sites is 1. The Hall–Kier alpha value is -2.43. The quantitative estimate of drug-likeness (QED) is 0.423. The van der Waals surface area contributed by atoms with Gasteiger partial charge >= 0.3 is 0 Å².